The SMILES string of the molecule is O=C(NCC(=O)N1CCOCC1)Nc1ccc(C(=O)C=Cc2ccc3ccccc3n2)cc1. The number of ketones is 1. The average Bonchev–Trinajstić information content (AvgIpc) is 2.86. The molecular weight excluding hydrogens is 420 g/mol. The van der Waals surface area contributed by atoms with Crippen molar-refractivity contribution in [1.29, 1.82) is 0 Å². The fourth-order valence-electron chi connectivity index (χ4n) is 3.41. The van der Waals surface area contributed by atoms with Gasteiger partial charge in [-0.3, -0.25) is 9.59 Å². The standard InChI is InChI=1S/C25H24N4O4/c30-23(12-11-20-8-5-18-3-1-2-4-22(18)27-20)19-6-9-21(10-7-19)28-25(32)26-17-24(31)29-13-15-33-16-14-29/h1-12H,13-17H2,(H2,26,28,32). The number of nitrogens with one attached hydrogen (secondary N) is 2. The Kier molecular flexibility index (Phi) is 7.06. The van der Waals surface area contributed by atoms with Crippen molar-refractivity contribution in [3.63, 3.8) is 0 Å². The minimum Gasteiger partial charge on any atom is -0.378 e. The van der Waals surface area contributed by atoms with Gasteiger partial charge in [0.1, 0.15) is 0 Å². The number of pyridine rings is 1. The van der Waals surface area contributed by atoms with Gasteiger partial charge in [0.2, 0.25) is 5.91 Å². The van der Waals surface area contributed by atoms with E-state index in [0.717, 1.165) is 10.9 Å². The molecule has 2 heterocycles. The number of nitrogens with zero attached hydrogens (tertiary/aromatic N) is 2. The Morgan fingerprint density at radius 1 is 0.970 bits per heavy atom. The fourth-order valence-corrected chi connectivity index (χ4v) is 3.41. The van der Waals surface area contributed by atoms with E-state index in [9.17, 15) is 14.4 Å². The Bertz CT molecular complexity index is 1180. The van der Waals surface area contributed by atoms with Gasteiger partial charge in [-0.1, -0.05) is 24.3 Å². The van der Waals surface area contributed by atoms with Gasteiger partial charge in [-0.25, -0.2) is 9.78 Å². The lowest BCUT2D eigenvalue weighted by molar-refractivity contribution is -0.134. The van der Waals surface area contributed by atoms with Crippen molar-refractivity contribution in [3.8, 4) is 0 Å². The summed E-state index contributed by atoms with van der Waals surface area (Å²) in [6, 6.07) is 17.7. The average molecular weight is 444 g/mol. The van der Waals surface area contributed by atoms with Crippen LogP contribution >= 0.6 is 0 Å². The maximum atomic E-state index is 12.5. The molecule has 3 aromatic rings. The predicted octanol–water partition coefficient (Wildman–Crippen LogP) is 3.11. The molecule has 0 unspecified atom stereocenters. The molecule has 8 heteroatoms. The summed E-state index contributed by atoms with van der Waals surface area (Å²) in [5.41, 5.74) is 2.57. The highest BCUT2D eigenvalue weighted by Gasteiger charge is 2.17. The second-order valence-corrected chi connectivity index (χ2v) is 7.50. The minimum absolute atomic E-state index is 0.0873. The molecule has 3 amide bonds. The number of hydrogen-bond acceptors (Lipinski definition) is 5. The molecule has 2 aromatic carbocycles. The quantitative estimate of drug-likeness (QED) is 0.450. The molecule has 8 nitrogen and oxygen atoms in total. The molecule has 0 radical (unpaired) electrons. The van der Waals surface area contributed by atoms with E-state index in [1.807, 2.05) is 36.4 Å². The van der Waals surface area contributed by atoms with Crippen LogP contribution in [0.15, 0.2) is 66.7 Å². The van der Waals surface area contributed by atoms with Crippen LogP contribution in [-0.4, -0.2) is 60.5 Å². The normalized spacial score (nSPS) is 13.8. The summed E-state index contributed by atoms with van der Waals surface area (Å²) in [5.74, 6) is -0.320. The van der Waals surface area contributed by atoms with Gasteiger partial charge in [0.25, 0.3) is 0 Å². The zero-order chi connectivity index (χ0) is 23.0. The summed E-state index contributed by atoms with van der Waals surface area (Å²) in [6.07, 6.45) is 3.16. The number of carbonyl (C=O) groups excluding carboxylic acids is 3. The number of carbonyl (C=O) groups is 3. The first-order valence-electron chi connectivity index (χ1n) is 10.7. The lowest BCUT2D eigenvalue weighted by atomic mass is 10.1. The molecule has 0 atom stereocenters. The summed E-state index contributed by atoms with van der Waals surface area (Å²) in [5, 5.41) is 6.25. The van der Waals surface area contributed by atoms with E-state index in [4.69, 9.17) is 4.74 Å². The highest BCUT2D eigenvalue weighted by Crippen LogP contribution is 2.14. The van der Waals surface area contributed by atoms with E-state index in [2.05, 4.69) is 15.6 Å². The molecule has 1 aromatic heterocycles. The van der Waals surface area contributed by atoms with Crippen molar-refractivity contribution in [2.24, 2.45) is 0 Å². The van der Waals surface area contributed by atoms with E-state index in [1.165, 1.54) is 6.08 Å². The van der Waals surface area contributed by atoms with Crippen LogP contribution in [0.1, 0.15) is 16.1 Å². The monoisotopic (exact) mass is 444 g/mol. The van der Waals surface area contributed by atoms with Crippen molar-refractivity contribution in [1.82, 2.24) is 15.2 Å². The van der Waals surface area contributed by atoms with Crippen LogP contribution in [0.4, 0.5) is 10.5 Å². The Morgan fingerprint density at radius 2 is 1.73 bits per heavy atom. The Labute approximate surface area is 191 Å². The van der Waals surface area contributed by atoms with Crippen molar-refractivity contribution in [2.75, 3.05) is 38.2 Å². The number of anilines is 1. The van der Waals surface area contributed by atoms with E-state index < -0.39 is 6.03 Å². The highest BCUT2D eigenvalue weighted by atomic mass is 16.5. The Hall–Kier alpha value is -4.04. The molecule has 0 bridgehead atoms. The zero-order valence-electron chi connectivity index (χ0n) is 18.0. The lowest BCUT2D eigenvalue weighted by Crippen LogP contribution is -2.46. The van der Waals surface area contributed by atoms with E-state index in [1.54, 1.807) is 35.2 Å². The van der Waals surface area contributed by atoms with Gasteiger partial charge in [0, 0.05) is 29.7 Å². The molecule has 1 aliphatic rings. The van der Waals surface area contributed by atoms with Crippen molar-refractivity contribution in [2.45, 2.75) is 0 Å². The van der Waals surface area contributed by atoms with Gasteiger partial charge in [-0.05, 0) is 48.6 Å². The number of amides is 3. The number of ether oxygens (including phenoxy) is 1. The van der Waals surface area contributed by atoms with Crippen molar-refractivity contribution in [3.05, 3.63) is 78.0 Å². The molecule has 1 fully saturated rings. The minimum atomic E-state index is -0.488. The van der Waals surface area contributed by atoms with E-state index in [0.29, 0.717) is 43.2 Å². The molecule has 0 aliphatic carbocycles. The van der Waals surface area contributed by atoms with Gasteiger partial charge >= 0.3 is 6.03 Å². The lowest BCUT2D eigenvalue weighted by Gasteiger charge is -2.26. The third kappa shape index (κ3) is 6.02. The smallest absolute Gasteiger partial charge is 0.319 e. The highest BCUT2D eigenvalue weighted by molar-refractivity contribution is 6.07. The van der Waals surface area contributed by atoms with Crippen LogP contribution in [0.5, 0.6) is 0 Å². The number of aromatic nitrogens is 1. The van der Waals surface area contributed by atoms with Crippen LogP contribution in [0, 0.1) is 0 Å². The molecule has 33 heavy (non-hydrogen) atoms. The fraction of sp³-hybridized carbons (Fsp3) is 0.200. The van der Waals surface area contributed by atoms with Crippen LogP contribution in [0.3, 0.4) is 0 Å². The maximum absolute atomic E-state index is 12.5. The zero-order valence-corrected chi connectivity index (χ0v) is 18.0. The first-order valence-corrected chi connectivity index (χ1v) is 10.7. The number of allylic oxidation sites excluding steroid dienone is 1. The van der Waals surface area contributed by atoms with Crippen molar-refractivity contribution >= 4 is 40.4 Å². The predicted molar refractivity (Wildman–Crippen MR) is 126 cm³/mol. The number of hydrogen-bond donors (Lipinski definition) is 2. The topological polar surface area (TPSA) is 101 Å². The first kappa shape index (κ1) is 22.2. The van der Waals surface area contributed by atoms with Gasteiger partial charge in [-0.2, -0.15) is 0 Å². The van der Waals surface area contributed by atoms with Gasteiger partial charge in [0.05, 0.1) is 31.0 Å². The second kappa shape index (κ2) is 10.5. The van der Waals surface area contributed by atoms with Crippen molar-refractivity contribution < 1.29 is 19.1 Å². The molecule has 0 saturated carbocycles. The molecule has 1 aliphatic heterocycles. The number of morpholine rings is 1. The first-order chi connectivity index (χ1) is 16.1. The third-order valence-electron chi connectivity index (χ3n) is 5.22. The van der Waals surface area contributed by atoms with Gasteiger partial charge < -0.3 is 20.3 Å². The van der Waals surface area contributed by atoms with Crippen LogP contribution in [0.2, 0.25) is 0 Å². The summed E-state index contributed by atoms with van der Waals surface area (Å²) >= 11 is 0. The summed E-state index contributed by atoms with van der Waals surface area (Å²) in [4.78, 5) is 42.8. The second-order valence-electron chi connectivity index (χ2n) is 7.50. The molecule has 2 N–H and O–H groups in total. The summed E-state index contributed by atoms with van der Waals surface area (Å²) in [6.45, 7) is 2.00. The van der Waals surface area contributed by atoms with Crippen LogP contribution < -0.4 is 10.6 Å². The van der Waals surface area contributed by atoms with Crippen LogP contribution in [-0.2, 0) is 9.53 Å². The number of para-hydroxylation sites is 1. The molecule has 4 rings (SSSR count). The molecule has 1 saturated heterocycles. The van der Waals surface area contributed by atoms with Crippen LogP contribution in [0.25, 0.3) is 17.0 Å². The maximum Gasteiger partial charge on any atom is 0.319 e. The van der Waals surface area contributed by atoms with E-state index >= 15 is 0 Å². The Morgan fingerprint density at radius 3 is 2.52 bits per heavy atom. The number of urea groups is 1. The largest absolute Gasteiger partial charge is 0.378 e. The third-order valence-corrected chi connectivity index (χ3v) is 5.22. The van der Waals surface area contributed by atoms with Gasteiger partial charge in [-0.15, -0.1) is 0 Å². The number of benzene rings is 2. The summed E-state index contributed by atoms with van der Waals surface area (Å²) in [7, 11) is 0. The number of fused-ring (bicyclic) bond motifs is 1. The van der Waals surface area contributed by atoms with E-state index in [-0.39, 0.29) is 18.2 Å². The molecule has 168 valence electrons. The summed E-state index contributed by atoms with van der Waals surface area (Å²) < 4.78 is 5.21. The Balaban J connectivity index is 1.28. The molecular formula is C25H24N4O4. The number of rotatable bonds is 6. The van der Waals surface area contributed by atoms with Gasteiger partial charge in [0.15, 0.2) is 5.78 Å². The molecule has 0 spiro atoms.